The van der Waals surface area contributed by atoms with Gasteiger partial charge in [-0.1, -0.05) is 50.2 Å². The topological polar surface area (TPSA) is 86.7 Å². The fourth-order valence-corrected chi connectivity index (χ4v) is 5.87. The first-order chi connectivity index (χ1) is 21.3. The lowest BCUT2D eigenvalue weighted by Gasteiger charge is -2.29. The van der Waals surface area contributed by atoms with Crippen LogP contribution in [0, 0.1) is 12.8 Å². The van der Waals surface area contributed by atoms with Gasteiger partial charge >= 0.3 is 5.97 Å². The number of amides is 1. The first-order valence-corrected chi connectivity index (χ1v) is 15.1. The number of benzene rings is 3. The van der Waals surface area contributed by atoms with Crippen LogP contribution in [-0.4, -0.2) is 50.0 Å². The average Bonchev–Trinajstić information content (AvgIpc) is 3.43. The van der Waals surface area contributed by atoms with E-state index in [0.717, 1.165) is 64.3 Å². The van der Waals surface area contributed by atoms with E-state index in [4.69, 9.17) is 24.0 Å². The van der Waals surface area contributed by atoms with Gasteiger partial charge in [-0.15, -0.1) is 0 Å². The summed E-state index contributed by atoms with van der Waals surface area (Å²) in [6, 6.07) is 21.2. The molecule has 1 amide bonds. The van der Waals surface area contributed by atoms with Crippen LogP contribution in [-0.2, 0) is 14.3 Å². The van der Waals surface area contributed by atoms with Crippen molar-refractivity contribution in [1.82, 2.24) is 5.01 Å². The molecule has 8 heteroatoms. The molecule has 44 heavy (non-hydrogen) atoms. The van der Waals surface area contributed by atoms with Crippen LogP contribution in [0.4, 0.5) is 0 Å². The highest BCUT2D eigenvalue weighted by molar-refractivity contribution is 6.08. The molecule has 0 spiro atoms. The second kappa shape index (κ2) is 13.8. The van der Waals surface area contributed by atoms with Crippen LogP contribution in [0.25, 0.3) is 6.08 Å². The highest BCUT2D eigenvalue weighted by Crippen LogP contribution is 2.44. The summed E-state index contributed by atoms with van der Waals surface area (Å²) in [7, 11) is 3.27. The molecule has 230 valence electrons. The molecule has 1 aliphatic carbocycles. The monoisotopic (exact) mass is 596 g/mol. The predicted molar refractivity (Wildman–Crippen MR) is 170 cm³/mol. The van der Waals surface area contributed by atoms with E-state index in [0.29, 0.717) is 5.75 Å². The van der Waals surface area contributed by atoms with Crippen LogP contribution in [0.2, 0.25) is 0 Å². The van der Waals surface area contributed by atoms with Crippen molar-refractivity contribution in [2.24, 2.45) is 11.0 Å². The largest absolute Gasteiger partial charge is 0.497 e. The maximum Gasteiger partial charge on any atom is 0.344 e. The van der Waals surface area contributed by atoms with E-state index in [-0.39, 0.29) is 30.4 Å². The first kappa shape index (κ1) is 30.9. The van der Waals surface area contributed by atoms with Gasteiger partial charge in [0.25, 0.3) is 5.91 Å². The Bertz CT molecular complexity index is 1540. The summed E-state index contributed by atoms with van der Waals surface area (Å²) in [6.45, 7) is 5.39. The van der Waals surface area contributed by atoms with Gasteiger partial charge in [-0.3, -0.25) is 4.79 Å². The molecular formula is C36H40N2O6. The van der Waals surface area contributed by atoms with Crippen LogP contribution < -0.4 is 14.2 Å². The summed E-state index contributed by atoms with van der Waals surface area (Å²) in [5.74, 6) is 1.43. The number of carbonyl (C=O) groups is 2. The van der Waals surface area contributed by atoms with Crippen LogP contribution in [0.1, 0.15) is 67.3 Å². The second-order valence-electron chi connectivity index (χ2n) is 11.5. The molecule has 3 aromatic carbocycles. The number of esters is 1. The Balaban J connectivity index is 1.34. The van der Waals surface area contributed by atoms with Gasteiger partial charge in [0, 0.05) is 5.92 Å². The van der Waals surface area contributed by atoms with Crippen molar-refractivity contribution >= 4 is 23.7 Å². The molecule has 5 rings (SSSR count). The summed E-state index contributed by atoms with van der Waals surface area (Å²) in [5.41, 5.74) is 6.03. The van der Waals surface area contributed by atoms with E-state index in [1.807, 2.05) is 73.7 Å². The molecular weight excluding hydrogens is 556 g/mol. The van der Waals surface area contributed by atoms with Crippen molar-refractivity contribution in [2.75, 3.05) is 27.4 Å². The number of nitrogens with zero attached hydrogens (tertiary/aromatic N) is 2. The number of carbonyl (C=O) groups excluding carboxylic acids is 2. The molecule has 1 aliphatic heterocycles. The molecule has 8 nitrogen and oxygen atoms in total. The van der Waals surface area contributed by atoms with Gasteiger partial charge in [0.05, 0.1) is 26.0 Å². The normalized spacial score (nSPS) is 18.5. The SMILES string of the molecule is COc1ccc(C=C2CCCC3C2=NN(C(=O)COC(=O)COc2cc(C)ccc2C(C)C)C3c2ccc(OC)cc2)cc1. The molecule has 0 aromatic heterocycles. The molecule has 0 N–H and O–H groups in total. The van der Waals surface area contributed by atoms with E-state index in [1.165, 1.54) is 5.01 Å². The lowest BCUT2D eigenvalue weighted by atomic mass is 9.77. The van der Waals surface area contributed by atoms with Crippen LogP contribution in [0.3, 0.4) is 0 Å². The standard InChI is InChI=1S/C36H40N2O6/c1-23(2)30-18-9-24(3)19-32(30)43-22-34(40)44-21-33(39)38-36(26-12-16-29(42-5)17-13-26)31-8-6-7-27(35(31)37-38)20-25-10-14-28(41-4)15-11-25/h9-20,23,31,36H,6-8,21-22H2,1-5H3. The molecule has 2 aliphatic rings. The smallest absolute Gasteiger partial charge is 0.344 e. The van der Waals surface area contributed by atoms with Crippen LogP contribution >= 0.6 is 0 Å². The minimum absolute atomic E-state index is 0.0143. The third kappa shape index (κ3) is 6.96. The predicted octanol–water partition coefficient (Wildman–Crippen LogP) is 6.88. The third-order valence-corrected chi connectivity index (χ3v) is 8.16. The summed E-state index contributed by atoms with van der Waals surface area (Å²) in [6.07, 6.45) is 4.87. The van der Waals surface area contributed by atoms with Gasteiger partial charge in [-0.05, 0) is 96.3 Å². The van der Waals surface area contributed by atoms with Gasteiger partial charge in [-0.2, -0.15) is 5.10 Å². The van der Waals surface area contributed by atoms with Crippen molar-refractivity contribution < 1.29 is 28.5 Å². The zero-order chi connectivity index (χ0) is 31.2. The molecule has 2 atom stereocenters. The molecule has 2 unspecified atom stereocenters. The number of allylic oxidation sites excluding steroid dienone is 1. The van der Waals surface area contributed by atoms with Gasteiger partial charge < -0.3 is 18.9 Å². The summed E-state index contributed by atoms with van der Waals surface area (Å²) in [5, 5.41) is 6.39. The van der Waals surface area contributed by atoms with E-state index < -0.39 is 12.6 Å². The maximum absolute atomic E-state index is 13.6. The fourth-order valence-electron chi connectivity index (χ4n) is 5.87. The Kier molecular flexibility index (Phi) is 9.68. The minimum atomic E-state index is -0.611. The molecule has 1 heterocycles. The van der Waals surface area contributed by atoms with Crippen molar-refractivity contribution in [2.45, 2.75) is 52.0 Å². The van der Waals surface area contributed by atoms with Crippen molar-refractivity contribution in [3.8, 4) is 17.2 Å². The number of methoxy groups -OCH3 is 2. The average molecular weight is 597 g/mol. The molecule has 1 saturated carbocycles. The zero-order valence-electron chi connectivity index (χ0n) is 26.0. The van der Waals surface area contributed by atoms with E-state index in [2.05, 4.69) is 19.9 Å². The Hall–Kier alpha value is -4.59. The van der Waals surface area contributed by atoms with Gasteiger partial charge in [-0.25, -0.2) is 9.80 Å². The van der Waals surface area contributed by atoms with Gasteiger partial charge in [0.1, 0.15) is 17.2 Å². The minimum Gasteiger partial charge on any atom is -0.497 e. The van der Waals surface area contributed by atoms with Gasteiger partial charge in [0.15, 0.2) is 13.2 Å². The Labute approximate surface area is 259 Å². The number of aryl methyl sites for hydroxylation is 1. The van der Waals surface area contributed by atoms with Crippen molar-refractivity contribution in [3.05, 3.63) is 94.6 Å². The third-order valence-electron chi connectivity index (χ3n) is 8.16. The Morgan fingerprint density at radius 2 is 1.64 bits per heavy atom. The zero-order valence-corrected chi connectivity index (χ0v) is 26.0. The first-order valence-electron chi connectivity index (χ1n) is 15.1. The van der Waals surface area contributed by atoms with E-state index in [1.54, 1.807) is 14.2 Å². The summed E-state index contributed by atoms with van der Waals surface area (Å²) >= 11 is 0. The lowest BCUT2D eigenvalue weighted by Crippen LogP contribution is -2.35. The molecule has 0 bridgehead atoms. The van der Waals surface area contributed by atoms with Gasteiger partial charge in [0.2, 0.25) is 0 Å². The number of rotatable bonds is 10. The Morgan fingerprint density at radius 3 is 2.30 bits per heavy atom. The second-order valence-corrected chi connectivity index (χ2v) is 11.5. The molecule has 0 radical (unpaired) electrons. The number of fused-ring (bicyclic) bond motifs is 1. The van der Waals surface area contributed by atoms with E-state index in [9.17, 15) is 9.59 Å². The highest BCUT2D eigenvalue weighted by Gasteiger charge is 2.43. The summed E-state index contributed by atoms with van der Waals surface area (Å²) < 4.78 is 21.9. The number of hydrazone groups is 1. The molecule has 3 aromatic rings. The Morgan fingerprint density at radius 1 is 0.955 bits per heavy atom. The number of hydrogen-bond acceptors (Lipinski definition) is 7. The van der Waals surface area contributed by atoms with Crippen LogP contribution in [0.15, 0.2) is 77.4 Å². The molecule has 0 saturated heterocycles. The molecule has 1 fully saturated rings. The van der Waals surface area contributed by atoms with Crippen molar-refractivity contribution in [3.63, 3.8) is 0 Å². The number of ether oxygens (including phenoxy) is 4. The fraction of sp³-hybridized carbons (Fsp3) is 0.361. The number of hydrogen-bond donors (Lipinski definition) is 0. The lowest BCUT2D eigenvalue weighted by molar-refractivity contribution is -0.154. The quantitative estimate of drug-likeness (QED) is 0.237. The van der Waals surface area contributed by atoms with Crippen LogP contribution in [0.5, 0.6) is 17.2 Å². The highest BCUT2D eigenvalue weighted by atomic mass is 16.6. The summed E-state index contributed by atoms with van der Waals surface area (Å²) in [4.78, 5) is 26.3. The van der Waals surface area contributed by atoms with E-state index >= 15 is 0 Å². The maximum atomic E-state index is 13.6. The van der Waals surface area contributed by atoms with Crippen molar-refractivity contribution in [1.29, 1.82) is 0 Å².